The van der Waals surface area contributed by atoms with Crippen LogP contribution in [0.2, 0.25) is 5.02 Å². The number of amides is 1. The summed E-state index contributed by atoms with van der Waals surface area (Å²) in [6.45, 7) is 3.91. The molecule has 1 aromatic carbocycles. The Morgan fingerprint density at radius 1 is 1.09 bits per heavy atom. The Kier molecular flexibility index (Phi) is 7.03. The van der Waals surface area contributed by atoms with Crippen molar-refractivity contribution >= 4 is 17.5 Å². The van der Waals surface area contributed by atoms with Crippen molar-refractivity contribution < 1.29 is 9.53 Å². The van der Waals surface area contributed by atoms with Gasteiger partial charge in [-0.15, -0.1) is 5.10 Å². The Bertz CT molecular complexity index is 1330. The van der Waals surface area contributed by atoms with Gasteiger partial charge in [-0.25, -0.2) is 14.0 Å². The van der Waals surface area contributed by atoms with Crippen LogP contribution in [0.1, 0.15) is 19.4 Å². The molecule has 10 heteroatoms. The first-order chi connectivity index (χ1) is 16.4. The Balaban J connectivity index is 1.67. The standard InChI is InChI=1S/C24H23ClN6O3/c1-16(2)34-19-7-5-18(6-8-19)31-23(20-9-11-27-14-21(20)25)29-30(24(31)33)15-22(32)28-13-17-4-3-10-26-12-17/h3-12,14,16H,13,15H2,1-2H3,(H,28,32). The predicted molar refractivity (Wildman–Crippen MR) is 128 cm³/mol. The molecule has 0 atom stereocenters. The van der Waals surface area contributed by atoms with Crippen molar-refractivity contribution in [1.29, 1.82) is 0 Å². The van der Waals surface area contributed by atoms with Crippen LogP contribution in [0, 0.1) is 0 Å². The molecule has 34 heavy (non-hydrogen) atoms. The highest BCUT2D eigenvalue weighted by Gasteiger charge is 2.20. The van der Waals surface area contributed by atoms with E-state index in [1.807, 2.05) is 19.9 Å². The van der Waals surface area contributed by atoms with Gasteiger partial charge in [0, 0.05) is 36.9 Å². The lowest BCUT2D eigenvalue weighted by atomic mass is 10.2. The van der Waals surface area contributed by atoms with E-state index in [1.54, 1.807) is 55.0 Å². The molecular weight excluding hydrogens is 456 g/mol. The van der Waals surface area contributed by atoms with Gasteiger partial charge in [0.2, 0.25) is 5.91 Å². The molecule has 0 spiro atoms. The van der Waals surface area contributed by atoms with Gasteiger partial charge >= 0.3 is 5.69 Å². The third-order valence-electron chi connectivity index (χ3n) is 4.83. The first kappa shape index (κ1) is 23.2. The normalized spacial score (nSPS) is 10.9. The average Bonchev–Trinajstić information content (AvgIpc) is 3.14. The van der Waals surface area contributed by atoms with E-state index in [1.165, 1.54) is 10.8 Å². The smallest absolute Gasteiger partial charge is 0.351 e. The van der Waals surface area contributed by atoms with Gasteiger partial charge in [0.05, 0.1) is 16.8 Å². The van der Waals surface area contributed by atoms with Crippen LogP contribution in [0.15, 0.2) is 72.0 Å². The Morgan fingerprint density at radius 3 is 2.53 bits per heavy atom. The minimum Gasteiger partial charge on any atom is -0.491 e. The zero-order valence-electron chi connectivity index (χ0n) is 18.7. The zero-order chi connectivity index (χ0) is 24.1. The van der Waals surface area contributed by atoms with Gasteiger partial charge in [-0.1, -0.05) is 17.7 Å². The van der Waals surface area contributed by atoms with Gasteiger partial charge in [-0.2, -0.15) is 0 Å². The largest absolute Gasteiger partial charge is 0.491 e. The number of aromatic nitrogens is 5. The Labute approximate surface area is 201 Å². The molecule has 174 valence electrons. The van der Waals surface area contributed by atoms with E-state index in [9.17, 15) is 9.59 Å². The first-order valence-corrected chi connectivity index (χ1v) is 11.0. The SMILES string of the molecule is CC(C)Oc1ccc(-n2c(-c3ccncc3Cl)nn(CC(=O)NCc3cccnc3)c2=O)cc1. The quantitative estimate of drug-likeness (QED) is 0.417. The lowest BCUT2D eigenvalue weighted by molar-refractivity contribution is -0.122. The van der Waals surface area contributed by atoms with Crippen LogP contribution >= 0.6 is 11.6 Å². The van der Waals surface area contributed by atoms with Crippen molar-refractivity contribution in [2.45, 2.75) is 33.0 Å². The van der Waals surface area contributed by atoms with Gasteiger partial charge in [-0.05, 0) is 55.8 Å². The molecule has 0 unspecified atom stereocenters. The first-order valence-electron chi connectivity index (χ1n) is 10.6. The van der Waals surface area contributed by atoms with Gasteiger partial charge < -0.3 is 10.1 Å². The molecule has 0 aliphatic rings. The summed E-state index contributed by atoms with van der Waals surface area (Å²) in [7, 11) is 0. The zero-order valence-corrected chi connectivity index (χ0v) is 19.4. The van der Waals surface area contributed by atoms with Crippen LogP contribution in [0.5, 0.6) is 5.75 Å². The molecule has 3 aromatic heterocycles. The van der Waals surface area contributed by atoms with Crippen LogP contribution < -0.4 is 15.7 Å². The number of pyridine rings is 2. The molecule has 1 N–H and O–H groups in total. The maximum absolute atomic E-state index is 13.3. The van der Waals surface area contributed by atoms with Crippen molar-refractivity contribution in [1.82, 2.24) is 29.6 Å². The lowest BCUT2D eigenvalue weighted by Gasteiger charge is -2.11. The number of halogens is 1. The number of nitrogens with zero attached hydrogens (tertiary/aromatic N) is 5. The third kappa shape index (κ3) is 5.32. The van der Waals surface area contributed by atoms with Crippen LogP contribution in [0.4, 0.5) is 0 Å². The van der Waals surface area contributed by atoms with E-state index >= 15 is 0 Å². The molecule has 0 fully saturated rings. The van der Waals surface area contributed by atoms with E-state index in [2.05, 4.69) is 20.4 Å². The average molecular weight is 479 g/mol. The number of hydrogen-bond donors (Lipinski definition) is 1. The summed E-state index contributed by atoms with van der Waals surface area (Å²) in [5.41, 5.74) is 1.45. The van der Waals surface area contributed by atoms with Crippen molar-refractivity contribution in [2.75, 3.05) is 0 Å². The summed E-state index contributed by atoms with van der Waals surface area (Å²) in [6.07, 6.45) is 6.38. The molecule has 0 radical (unpaired) electrons. The topological polar surface area (TPSA) is 104 Å². The molecular formula is C24H23ClN6O3. The second kappa shape index (κ2) is 10.3. The summed E-state index contributed by atoms with van der Waals surface area (Å²) in [5.74, 6) is 0.621. The van der Waals surface area contributed by atoms with Crippen LogP contribution in [-0.2, 0) is 17.9 Å². The molecule has 0 aliphatic carbocycles. The molecule has 0 saturated heterocycles. The van der Waals surface area contributed by atoms with Crippen LogP contribution in [-0.4, -0.2) is 36.3 Å². The maximum Gasteiger partial charge on any atom is 0.351 e. The van der Waals surface area contributed by atoms with E-state index in [0.29, 0.717) is 34.4 Å². The summed E-state index contributed by atoms with van der Waals surface area (Å²) in [6, 6.07) is 12.4. The number of ether oxygens (including phenoxy) is 1. The van der Waals surface area contributed by atoms with E-state index in [-0.39, 0.29) is 18.6 Å². The lowest BCUT2D eigenvalue weighted by Crippen LogP contribution is -2.33. The van der Waals surface area contributed by atoms with Crippen molar-refractivity contribution in [3.63, 3.8) is 0 Å². The molecule has 9 nitrogen and oxygen atoms in total. The van der Waals surface area contributed by atoms with Gasteiger partial charge in [0.25, 0.3) is 0 Å². The number of rotatable bonds is 8. The molecule has 0 aliphatic heterocycles. The fourth-order valence-corrected chi connectivity index (χ4v) is 3.52. The van der Waals surface area contributed by atoms with Gasteiger partial charge in [-0.3, -0.25) is 14.8 Å². The van der Waals surface area contributed by atoms with Gasteiger partial charge in [0.15, 0.2) is 5.82 Å². The highest BCUT2D eigenvalue weighted by molar-refractivity contribution is 6.33. The summed E-state index contributed by atoms with van der Waals surface area (Å²) in [5, 5.41) is 7.55. The number of carbonyl (C=O) groups excluding carboxylic acids is 1. The van der Waals surface area contributed by atoms with Crippen molar-refractivity contribution in [3.05, 3.63) is 88.3 Å². The number of carbonyl (C=O) groups is 1. The molecule has 3 heterocycles. The highest BCUT2D eigenvalue weighted by Crippen LogP contribution is 2.27. The Morgan fingerprint density at radius 2 is 1.85 bits per heavy atom. The number of hydrogen-bond acceptors (Lipinski definition) is 6. The summed E-state index contributed by atoms with van der Waals surface area (Å²) >= 11 is 6.35. The maximum atomic E-state index is 13.3. The summed E-state index contributed by atoms with van der Waals surface area (Å²) in [4.78, 5) is 33.9. The summed E-state index contributed by atoms with van der Waals surface area (Å²) < 4.78 is 8.22. The van der Waals surface area contributed by atoms with Crippen LogP contribution in [0.3, 0.4) is 0 Å². The number of benzene rings is 1. The van der Waals surface area contributed by atoms with Crippen molar-refractivity contribution in [3.8, 4) is 22.8 Å². The molecule has 4 aromatic rings. The monoisotopic (exact) mass is 478 g/mol. The minimum absolute atomic E-state index is 0.0210. The highest BCUT2D eigenvalue weighted by atomic mass is 35.5. The minimum atomic E-state index is -0.475. The van der Waals surface area contributed by atoms with Crippen LogP contribution in [0.25, 0.3) is 17.1 Å². The molecule has 0 bridgehead atoms. The second-order valence-electron chi connectivity index (χ2n) is 7.75. The van der Waals surface area contributed by atoms with E-state index in [0.717, 1.165) is 10.2 Å². The molecule has 0 saturated carbocycles. The predicted octanol–water partition coefficient (Wildman–Crippen LogP) is 3.25. The Hall–Kier alpha value is -3.98. The fraction of sp³-hybridized carbons (Fsp3) is 0.208. The molecule has 4 rings (SSSR count). The number of nitrogens with one attached hydrogen (secondary N) is 1. The third-order valence-corrected chi connectivity index (χ3v) is 5.13. The van der Waals surface area contributed by atoms with E-state index < -0.39 is 5.69 Å². The fourth-order valence-electron chi connectivity index (χ4n) is 3.32. The molecule has 1 amide bonds. The van der Waals surface area contributed by atoms with Crippen molar-refractivity contribution in [2.24, 2.45) is 0 Å². The second-order valence-corrected chi connectivity index (χ2v) is 8.16. The van der Waals surface area contributed by atoms with Gasteiger partial charge in [0.1, 0.15) is 12.3 Å². The van der Waals surface area contributed by atoms with E-state index in [4.69, 9.17) is 16.3 Å².